The zero-order valence-electron chi connectivity index (χ0n) is 20.1. The first-order valence-electron chi connectivity index (χ1n) is 11.4. The van der Waals surface area contributed by atoms with Crippen LogP contribution >= 0.6 is 24.0 Å². The standard InChI is InChI=1S/C22H39N5O4.HI/c1-22(2,3)31-21(29)25-18-7-6-16-12-27(13-17(16)18)20(24-11-19(28)26(4)5)23-10-15-8-9-30-14-15;/h15-18H,6-14H2,1-5H3,(H,23,24)(H,25,29);1H. The fourth-order valence-electron chi connectivity index (χ4n) is 4.61. The van der Waals surface area contributed by atoms with Crippen LogP contribution in [0.15, 0.2) is 4.99 Å². The van der Waals surface area contributed by atoms with Crippen molar-refractivity contribution in [1.29, 1.82) is 0 Å². The molecule has 1 saturated carbocycles. The molecular weight excluding hydrogens is 525 g/mol. The number of aliphatic imine (C=N–C) groups is 1. The number of carbonyl (C=O) groups is 2. The van der Waals surface area contributed by atoms with Crippen molar-refractivity contribution in [2.24, 2.45) is 22.7 Å². The summed E-state index contributed by atoms with van der Waals surface area (Å²) in [6, 6.07) is 0.109. The number of carbonyl (C=O) groups excluding carboxylic acids is 2. The number of hydrogen-bond acceptors (Lipinski definition) is 5. The van der Waals surface area contributed by atoms with Gasteiger partial charge in [0.25, 0.3) is 0 Å². The summed E-state index contributed by atoms with van der Waals surface area (Å²) in [4.78, 5) is 32.8. The van der Waals surface area contributed by atoms with E-state index in [1.807, 2.05) is 20.8 Å². The molecule has 0 aromatic rings. The Morgan fingerprint density at radius 2 is 1.94 bits per heavy atom. The third kappa shape index (κ3) is 7.64. The van der Waals surface area contributed by atoms with Gasteiger partial charge in [0.2, 0.25) is 5.91 Å². The molecule has 0 aromatic carbocycles. The van der Waals surface area contributed by atoms with Crippen LogP contribution in [0, 0.1) is 17.8 Å². The van der Waals surface area contributed by atoms with E-state index in [-0.39, 0.29) is 48.6 Å². The number of halogens is 1. The molecule has 2 heterocycles. The Kier molecular flexibility index (Phi) is 9.86. The molecule has 2 saturated heterocycles. The summed E-state index contributed by atoms with van der Waals surface area (Å²) in [6.45, 7) is 9.82. The smallest absolute Gasteiger partial charge is 0.407 e. The average Bonchev–Trinajstić information content (AvgIpc) is 3.39. The van der Waals surface area contributed by atoms with E-state index in [0.717, 1.165) is 58.1 Å². The van der Waals surface area contributed by atoms with Gasteiger partial charge < -0.3 is 29.9 Å². The Balaban J connectivity index is 0.00000363. The maximum atomic E-state index is 12.3. The predicted molar refractivity (Wildman–Crippen MR) is 134 cm³/mol. The van der Waals surface area contributed by atoms with Crippen LogP contribution in [0.3, 0.4) is 0 Å². The lowest BCUT2D eigenvalue weighted by Gasteiger charge is -2.26. The molecule has 0 spiro atoms. The van der Waals surface area contributed by atoms with Crippen LogP contribution in [0.4, 0.5) is 4.79 Å². The van der Waals surface area contributed by atoms with Gasteiger partial charge in [0.05, 0.1) is 6.61 Å². The molecule has 0 aromatic heterocycles. The molecule has 10 heteroatoms. The average molecular weight is 565 g/mol. The monoisotopic (exact) mass is 565 g/mol. The molecule has 4 unspecified atom stereocenters. The van der Waals surface area contributed by atoms with E-state index in [2.05, 4.69) is 20.5 Å². The largest absolute Gasteiger partial charge is 0.444 e. The molecular formula is C22H40IN5O4. The third-order valence-electron chi connectivity index (χ3n) is 6.29. The molecule has 184 valence electrons. The van der Waals surface area contributed by atoms with E-state index in [9.17, 15) is 9.59 Å². The van der Waals surface area contributed by atoms with Gasteiger partial charge in [-0.15, -0.1) is 24.0 Å². The fraction of sp³-hybridized carbons (Fsp3) is 0.864. The highest BCUT2D eigenvalue weighted by atomic mass is 127. The number of fused-ring (bicyclic) bond motifs is 1. The quantitative estimate of drug-likeness (QED) is 0.301. The summed E-state index contributed by atoms with van der Waals surface area (Å²) in [6.07, 6.45) is 2.74. The highest BCUT2D eigenvalue weighted by Crippen LogP contribution is 2.38. The van der Waals surface area contributed by atoms with E-state index in [1.54, 1.807) is 19.0 Å². The summed E-state index contributed by atoms with van der Waals surface area (Å²) >= 11 is 0. The van der Waals surface area contributed by atoms with Crippen LogP contribution in [0.5, 0.6) is 0 Å². The van der Waals surface area contributed by atoms with Crippen molar-refractivity contribution in [2.75, 3.05) is 53.5 Å². The van der Waals surface area contributed by atoms with E-state index >= 15 is 0 Å². The molecule has 2 amide bonds. The highest BCUT2D eigenvalue weighted by Gasteiger charge is 2.44. The second-order valence-electron chi connectivity index (χ2n) is 10.2. The number of likely N-dealkylation sites (tertiary alicyclic amines) is 1. The topological polar surface area (TPSA) is 95.5 Å². The molecule has 3 rings (SSSR count). The van der Waals surface area contributed by atoms with E-state index in [0.29, 0.717) is 17.8 Å². The van der Waals surface area contributed by atoms with Gasteiger partial charge in [-0.25, -0.2) is 9.79 Å². The molecule has 3 fully saturated rings. The lowest BCUT2D eigenvalue weighted by molar-refractivity contribution is -0.127. The second-order valence-corrected chi connectivity index (χ2v) is 10.2. The van der Waals surface area contributed by atoms with Gasteiger partial charge in [-0.1, -0.05) is 0 Å². The maximum absolute atomic E-state index is 12.3. The van der Waals surface area contributed by atoms with E-state index in [1.165, 1.54) is 0 Å². The summed E-state index contributed by atoms with van der Waals surface area (Å²) in [5, 5.41) is 6.57. The molecule has 2 aliphatic heterocycles. The van der Waals surface area contributed by atoms with Crippen LogP contribution in [-0.4, -0.2) is 92.9 Å². The number of likely N-dealkylation sites (N-methyl/N-ethyl adjacent to an activating group) is 1. The Morgan fingerprint density at radius 3 is 2.56 bits per heavy atom. The summed E-state index contributed by atoms with van der Waals surface area (Å²) in [5.41, 5.74) is -0.503. The predicted octanol–water partition coefficient (Wildman–Crippen LogP) is 1.91. The first kappa shape index (κ1) is 26.9. The van der Waals surface area contributed by atoms with E-state index in [4.69, 9.17) is 9.47 Å². The lowest BCUT2D eigenvalue weighted by atomic mass is 9.98. The van der Waals surface area contributed by atoms with Gasteiger partial charge in [0.15, 0.2) is 5.96 Å². The van der Waals surface area contributed by atoms with Crippen molar-refractivity contribution in [3.05, 3.63) is 0 Å². The number of nitrogens with zero attached hydrogens (tertiary/aromatic N) is 3. The first-order valence-corrected chi connectivity index (χ1v) is 11.4. The lowest BCUT2D eigenvalue weighted by Crippen LogP contribution is -2.45. The minimum atomic E-state index is -0.503. The molecule has 0 bridgehead atoms. The Bertz CT molecular complexity index is 676. The second kappa shape index (κ2) is 11.7. The van der Waals surface area contributed by atoms with Gasteiger partial charge >= 0.3 is 6.09 Å². The molecule has 3 aliphatic rings. The van der Waals surface area contributed by atoms with Crippen LogP contribution < -0.4 is 10.6 Å². The van der Waals surface area contributed by atoms with Crippen molar-refractivity contribution in [3.63, 3.8) is 0 Å². The number of ether oxygens (including phenoxy) is 2. The minimum absolute atomic E-state index is 0. The number of rotatable bonds is 5. The van der Waals surface area contributed by atoms with Crippen LogP contribution in [0.2, 0.25) is 0 Å². The molecule has 2 N–H and O–H groups in total. The first-order chi connectivity index (χ1) is 14.6. The van der Waals surface area contributed by atoms with Gasteiger partial charge in [-0.05, 0) is 46.0 Å². The van der Waals surface area contributed by atoms with Gasteiger partial charge in [-0.3, -0.25) is 4.79 Å². The van der Waals surface area contributed by atoms with E-state index < -0.39 is 5.60 Å². The third-order valence-corrected chi connectivity index (χ3v) is 6.29. The van der Waals surface area contributed by atoms with Crippen LogP contribution in [0.1, 0.15) is 40.0 Å². The number of guanidine groups is 1. The zero-order valence-corrected chi connectivity index (χ0v) is 22.4. The molecule has 0 radical (unpaired) electrons. The molecule has 9 nitrogen and oxygen atoms in total. The maximum Gasteiger partial charge on any atom is 0.407 e. The molecule has 32 heavy (non-hydrogen) atoms. The van der Waals surface area contributed by atoms with Crippen molar-refractivity contribution < 1.29 is 19.1 Å². The molecule has 4 atom stereocenters. The summed E-state index contributed by atoms with van der Waals surface area (Å²) < 4.78 is 10.9. The van der Waals surface area contributed by atoms with Crippen molar-refractivity contribution in [1.82, 2.24) is 20.4 Å². The van der Waals surface area contributed by atoms with Crippen LogP contribution in [0.25, 0.3) is 0 Å². The Hall–Kier alpha value is -1.30. The summed E-state index contributed by atoms with van der Waals surface area (Å²) in [7, 11) is 3.49. The number of amides is 2. The zero-order chi connectivity index (χ0) is 22.6. The number of alkyl carbamates (subject to hydrolysis) is 1. The van der Waals surface area contributed by atoms with Crippen molar-refractivity contribution in [3.8, 4) is 0 Å². The SMILES string of the molecule is CN(C)C(=O)CN=C(NCC1CCOC1)N1CC2CCC(NC(=O)OC(C)(C)C)C2C1.I. The fourth-order valence-corrected chi connectivity index (χ4v) is 4.61. The number of nitrogens with one attached hydrogen (secondary N) is 2. The van der Waals surface area contributed by atoms with Gasteiger partial charge in [0, 0.05) is 58.2 Å². The normalized spacial score (nSPS) is 27.5. The molecule has 1 aliphatic carbocycles. The van der Waals surface area contributed by atoms with Gasteiger partial charge in [-0.2, -0.15) is 0 Å². The van der Waals surface area contributed by atoms with Crippen LogP contribution in [-0.2, 0) is 14.3 Å². The van der Waals surface area contributed by atoms with Gasteiger partial charge in [0.1, 0.15) is 12.1 Å². The summed E-state index contributed by atoms with van der Waals surface area (Å²) in [5.74, 6) is 2.10. The minimum Gasteiger partial charge on any atom is -0.444 e. The van der Waals surface area contributed by atoms with Crippen molar-refractivity contribution in [2.45, 2.75) is 51.7 Å². The Morgan fingerprint density at radius 1 is 1.19 bits per heavy atom. The van der Waals surface area contributed by atoms with Crippen molar-refractivity contribution >= 4 is 41.9 Å². The number of hydrogen-bond donors (Lipinski definition) is 2. The Labute approximate surface area is 209 Å². The highest BCUT2D eigenvalue weighted by molar-refractivity contribution is 14.0.